The number of ether oxygens (including phenoxy) is 15. The number of imidazole rings is 1. The number of ketones is 3. The van der Waals surface area contributed by atoms with Crippen LogP contribution in [0.3, 0.4) is 0 Å². The molecule has 4 aromatic heterocycles. The van der Waals surface area contributed by atoms with Gasteiger partial charge < -0.3 is 112 Å². The number of carbonyl (C=O) groups excluding carboxylic acids is 6. The van der Waals surface area contributed by atoms with Gasteiger partial charge in [0.05, 0.1) is 167 Å². The second-order valence-corrected chi connectivity index (χ2v) is 33.6. The molecule has 706 valence electrons. The van der Waals surface area contributed by atoms with Crippen LogP contribution in [0.1, 0.15) is 150 Å². The molecule has 127 heavy (non-hydrogen) atoms. The van der Waals surface area contributed by atoms with E-state index in [4.69, 9.17) is 92.0 Å². The molecule has 9 rings (SSSR count). The number of methoxy groups -OCH3 is 3. The Morgan fingerprint density at radius 2 is 1.39 bits per heavy atom. The van der Waals surface area contributed by atoms with Crippen LogP contribution < -0.4 is 16.8 Å². The maximum absolute atomic E-state index is 14.8. The lowest BCUT2D eigenvalue weighted by atomic mass is 9.78. The lowest BCUT2D eigenvalue weighted by Crippen LogP contribution is -2.61. The smallest absolute Gasteiger partial charge is 0.329 e. The first-order valence-electron chi connectivity index (χ1n) is 45.1. The van der Waals surface area contributed by atoms with Gasteiger partial charge >= 0.3 is 5.97 Å². The van der Waals surface area contributed by atoms with Crippen molar-refractivity contribution in [3.63, 3.8) is 0 Å². The number of fused-ring (bicyclic) bond motifs is 5. The van der Waals surface area contributed by atoms with Crippen LogP contribution >= 0.6 is 0 Å². The minimum Gasteiger partial charge on any atom is -0.460 e. The van der Waals surface area contributed by atoms with Crippen LogP contribution in [0.25, 0.3) is 33.4 Å². The van der Waals surface area contributed by atoms with Crippen molar-refractivity contribution in [2.24, 2.45) is 35.5 Å². The monoisotopic (exact) mass is 1780 g/mol. The maximum atomic E-state index is 14.8. The summed E-state index contributed by atoms with van der Waals surface area (Å²) in [6.45, 7) is 22.0. The third-order valence-corrected chi connectivity index (χ3v) is 23.9. The molecule has 0 unspecified atom stereocenters. The number of nitrogens with two attached hydrogens (primary N) is 2. The number of esters is 1. The van der Waals surface area contributed by atoms with Crippen molar-refractivity contribution in [3.8, 4) is 11.3 Å². The highest BCUT2D eigenvalue weighted by molar-refractivity contribution is 6.39. The predicted molar refractivity (Wildman–Crippen MR) is 471 cm³/mol. The molecule has 5 aromatic rings. The molecule has 2 saturated heterocycles. The summed E-state index contributed by atoms with van der Waals surface area (Å²) < 4.78 is 96.8. The number of aliphatic hydroxyl groups excluding tert-OH is 1. The Morgan fingerprint density at radius 1 is 0.709 bits per heavy atom. The van der Waals surface area contributed by atoms with Crippen molar-refractivity contribution in [1.82, 2.24) is 44.5 Å². The number of oxazole rings is 1. The fourth-order valence-electron chi connectivity index (χ4n) is 16.5. The largest absolute Gasteiger partial charge is 0.460 e. The van der Waals surface area contributed by atoms with E-state index < -0.39 is 77.8 Å². The summed E-state index contributed by atoms with van der Waals surface area (Å²) in [6, 6.07) is 4.39. The normalized spacial score (nSPS) is 26.5. The van der Waals surface area contributed by atoms with Gasteiger partial charge in [-0.15, -0.1) is 0 Å². The molecule has 0 spiro atoms. The molecular formula is C92H139N11O24. The average molecular weight is 1780 g/mol. The number of aryl methyl sites for hydroxylation is 1. The Hall–Kier alpha value is -8.21. The zero-order valence-corrected chi connectivity index (χ0v) is 76.0. The summed E-state index contributed by atoms with van der Waals surface area (Å²) in [5.41, 5.74) is 17.2. The number of rotatable bonds is 45. The van der Waals surface area contributed by atoms with Gasteiger partial charge in [-0.2, -0.15) is 10.1 Å². The van der Waals surface area contributed by atoms with Crippen molar-refractivity contribution >= 4 is 69.1 Å². The molecule has 15 atom stereocenters. The Balaban J connectivity index is 0.586. The van der Waals surface area contributed by atoms with E-state index >= 15 is 0 Å². The molecule has 35 nitrogen and oxygen atoms in total. The zero-order chi connectivity index (χ0) is 91.0. The number of allylic oxidation sites excluding steroid dienone is 6. The summed E-state index contributed by atoms with van der Waals surface area (Å²) in [5, 5.41) is 32.2. The van der Waals surface area contributed by atoms with Crippen molar-refractivity contribution < 1.29 is 114 Å². The number of piperidine rings is 1. The van der Waals surface area contributed by atoms with Crippen molar-refractivity contribution in [2.75, 3.05) is 165 Å². The van der Waals surface area contributed by atoms with Gasteiger partial charge in [-0.05, 0) is 138 Å². The number of aliphatic hydroxyl groups is 2. The Kier molecular flexibility index (Phi) is 43.9. The average Bonchev–Trinajstić information content (AvgIpc) is 1.54. The van der Waals surface area contributed by atoms with Crippen LogP contribution in [0.2, 0.25) is 0 Å². The van der Waals surface area contributed by atoms with E-state index in [9.17, 15) is 39.0 Å². The second kappa shape index (κ2) is 54.4. The fourth-order valence-corrected chi connectivity index (χ4v) is 16.5. The van der Waals surface area contributed by atoms with E-state index in [1.807, 2.05) is 81.0 Å². The molecule has 35 heteroatoms. The molecule has 1 saturated carbocycles. The van der Waals surface area contributed by atoms with Gasteiger partial charge in [-0.3, -0.25) is 24.0 Å². The number of aromatic nitrogens is 7. The van der Waals surface area contributed by atoms with Gasteiger partial charge in [0.15, 0.2) is 17.0 Å². The predicted octanol–water partition coefficient (Wildman–Crippen LogP) is 8.85. The highest BCUT2D eigenvalue weighted by Gasteiger charge is 2.53. The lowest BCUT2D eigenvalue weighted by molar-refractivity contribution is -0.265. The highest BCUT2D eigenvalue weighted by atomic mass is 16.6. The van der Waals surface area contributed by atoms with E-state index in [1.165, 1.54) is 18.3 Å². The summed E-state index contributed by atoms with van der Waals surface area (Å²) in [7, 11) is 4.62. The van der Waals surface area contributed by atoms with Gasteiger partial charge in [-0.25, -0.2) is 24.4 Å². The van der Waals surface area contributed by atoms with Crippen molar-refractivity contribution in [2.45, 2.75) is 219 Å². The van der Waals surface area contributed by atoms with E-state index in [2.05, 4.69) is 25.3 Å². The quantitative estimate of drug-likeness (QED) is 0.0105. The summed E-state index contributed by atoms with van der Waals surface area (Å²) >= 11 is 0. The van der Waals surface area contributed by atoms with Crippen LogP contribution in [0.4, 0.5) is 11.8 Å². The molecule has 0 radical (unpaired) electrons. The van der Waals surface area contributed by atoms with Gasteiger partial charge in [0, 0.05) is 96.3 Å². The highest BCUT2D eigenvalue weighted by Crippen LogP contribution is 2.39. The van der Waals surface area contributed by atoms with Crippen LogP contribution in [0.5, 0.6) is 0 Å². The van der Waals surface area contributed by atoms with Crippen molar-refractivity contribution in [1.29, 1.82) is 0 Å². The molecule has 4 aliphatic rings. The molecule has 2 amide bonds. The number of nitrogens with zero attached hydrogens (tertiary/aromatic N) is 8. The number of amides is 2. The number of nitrogens with one attached hydrogen (secondary N) is 1. The molecule has 7 N–H and O–H groups in total. The van der Waals surface area contributed by atoms with Gasteiger partial charge in [0.25, 0.3) is 17.7 Å². The van der Waals surface area contributed by atoms with Crippen molar-refractivity contribution in [3.05, 3.63) is 90.3 Å². The van der Waals surface area contributed by atoms with Gasteiger partial charge in [0.1, 0.15) is 53.5 Å². The molecule has 7 heterocycles. The van der Waals surface area contributed by atoms with E-state index in [0.717, 1.165) is 36.1 Å². The number of benzene rings is 1. The number of carbonyl (C=O) groups is 6. The summed E-state index contributed by atoms with van der Waals surface area (Å²) in [4.78, 5) is 103. The Morgan fingerprint density at radius 3 is 2.06 bits per heavy atom. The first kappa shape index (κ1) is 103. The minimum absolute atomic E-state index is 0.00773. The number of hydrogen-bond donors (Lipinski definition) is 5. The van der Waals surface area contributed by atoms with Crippen LogP contribution in [0, 0.1) is 35.5 Å². The summed E-state index contributed by atoms with van der Waals surface area (Å²) in [6.07, 6.45) is 18.3. The molecule has 1 aliphatic carbocycles. The molecular weight excluding hydrogens is 1640 g/mol. The van der Waals surface area contributed by atoms with Gasteiger partial charge in [-0.1, -0.05) is 71.1 Å². The first-order chi connectivity index (χ1) is 61.4. The maximum Gasteiger partial charge on any atom is 0.329 e. The third kappa shape index (κ3) is 32.4. The second-order valence-electron chi connectivity index (χ2n) is 33.6. The number of unbranched alkanes of at least 4 members (excludes halogenated alkanes) is 1. The van der Waals surface area contributed by atoms with E-state index in [1.54, 1.807) is 58.1 Å². The van der Waals surface area contributed by atoms with E-state index in [0.29, 0.717) is 236 Å². The standard InChI is InChI=1S/C92H139N11O24/c1-61-18-12-11-13-19-62(2)77(112-8)55-71-24-21-67(7)92(111,127-71)86(108)89(109)102-29-16-14-20-73(102)90(110)125-78(56-74(104)63(3)51-66(6)84(107)85(114-10)83(106)65(5)50-61)64(4)52-68-22-25-76(79(53-68)113-9)124-49-48-123-58-70-57-101(60-98-70)31-33-116-35-37-118-39-41-120-43-45-122-47-46-121-44-42-119-40-38-117-36-34-115-32-27-80(105)95-28-15-17-30-103-88-81(87(93)96-59-97-88)82(100-103)69-23-26-75-72(54-69)99-91(94)126-75/h11-13,18-19,23,26,51,54,57,59-61,63-65,67-68,71,73,76-79,84-85,107,111H,14-17,20-22,24-25,27-50,52-53,55-56,58H2,1-10H3,(H2,94,99)(H,95,105)(H2,93,96,97)/b13-11+,18-12+,62-19+,66-51+/t61-,63-,64-,65-,67-,68+,71+,73+,76-,77+,78+,79-,84-,85+,92-/m1/s1. The SMILES string of the molecule is CO[C@H]1C[C@@H]2CC[C@@H](C)[C@@](O)(O2)C(=O)C(=O)N2CCCC[C@H]2C(=O)O[C@H]([C@H](C)C[C@@H]2CC[C@@H](OCCOCc3cn(CCOCCOCCOCCOCCOCCOCCOCCOCCC(=O)NCCCCn4nc(-c5ccc6oc(N)nc6c5)c5c(N)ncnc54)cn3)[C@H](OC)C2)CC(=O)[C@H](C)/C=C(\C)[C@@H](O)[C@@H](OC)C(=O)[C@H](C)C[C@H](C)/C=C/C=C/C=C/1C. The lowest BCUT2D eigenvalue weighted by Gasteiger charge is -2.42. The van der Waals surface area contributed by atoms with Crippen LogP contribution in [0.15, 0.2) is 89.1 Å². The topological polar surface area (TPSA) is 436 Å². The summed E-state index contributed by atoms with van der Waals surface area (Å²) in [5.74, 6) is -8.04. The number of nitrogen functional groups attached to an aromatic ring is 2. The number of cyclic esters (lactones) is 1. The zero-order valence-electron chi connectivity index (χ0n) is 76.0. The van der Waals surface area contributed by atoms with E-state index in [-0.39, 0.29) is 85.9 Å². The first-order valence-corrected chi connectivity index (χ1v) is 45.1. The molecule has 2 bridgehead atoms. The minimum atomic E-state index is -2.47. The Labute approximate surface area is 745 Å². The molecule has 3 aliphatic heterocycles. The third-order valence-electron chi connectivity index (χ3n) is 23.9. The number of Topliss-reactive ketones (excluding diaryl/α,β-unsaturated/α-hetero) is 3. The number of anilines is 2. The van der Waals surface area contributed by atoms with Crippen LogP contribution in [-0.2, 0) is 120 Å². The Bertz CT molecular complexity index is 4320. The van der Waals surface area contributed by atoms with Gasteiger partial charge in [0.2, 0.25) is 11.7 Å². The fraction of sp³-hybridized carbons (Fsp3) is 0.685. The van der Waals surface area contributed by atoms with Crippen LogP contribution in [-0.4, -0.2) is 292 Å². The molecule has 1 aromatic carbocycles. The number of hydrogen-bond acceptors (Lipinski definition) is 31. The molecule has 3 fully saturated rings.